The molecule has 0 saturated carbocycles. The van der Waals surface area contributed by atoms with Gasteiger partial charge in [-0.05, 0) is 85.1 Å². The van der Waals surface area contributed by atoms with E-state index in [1.165, 1.54) is 12.1 Å². The number of fused-ring (bicyclic) bond motifs is 2. The third-order valence-corrected chi connectivity index (χ3v) is 5.88. The molecule has 6 heteroatoms. The molecule has 1 aromatic heterocycles. The van der Waals surface area contributed by atoms with Crippen molar-refractivity contribution in [3.05, 3.63) is 88.7 Å². The van der Waals surface area contributed by atoms with Crippen molar-refractivity contribution < 1.29 is 14.3 Å². The summed E-state index contributed by atoms with van der Waals surface area (Å²) in [7, 11) is 0. The highest BCUT2D eigenvalue weighted by Crippen LogP contribution is 2.40. The molecule has 4 nitrogen and oxygen atoms in total. The summed E-state index contributed by atoms with van der Waals surface area (Å²) in [6.07, 6.45) is 1.79. The molecule has 0 atom stereocenters. The van der Waals surface area contributed by atoms with E-state index in [2.05, 4.69) is 4.90 Å². The molecular formula is C25H18ClFN2O2. The Balaban J connectivity index is 1.71. The Morgan fingerprint density at radius 2 is 1.84 bits per heavy atom. The van der Waals surface area contributed by atoms with Crippen LogP contribution in [0, 0.1) is 5.82 Å². The van der Waals surface area contributed by atoms with E-state index >= 15 is 0 Å². The molecule has 0 bridgehead atoms. The molecular weight excluding hydrogens is 415 g/mol. The van der Waals surface area contributed by atoms with E-state index in [0.717, 1.165) is 35.0 Å². The minimum atomic E-state index is -0.986. The quantitative estimate of drug-likeness (QED) is 0.402. The fraction of sp³-hybridized carbons (Fsp3) is 0.120. The third-order valence-electron chi connectivity index (χ3n) is 5.64. The first-order chi connectivity index (χ1) is 15.0. The molecule has 0 aliphatic carbocycles. The lowest BCUT2D eigenvalue weighted by molar-refractivity contribution is 0.0698. The molecule has 3 aromatic carbocycles. The maximum absolute atomic E-state index is 13.3. The minimum Gasteiger partial charge on any atom is -0.478 e. The zero-order chi connectivity index (χ0) is 21.5. The molecule has 0 unspecified atom stereocenters. The third kappa shape index (κ3) is 3.51. The number of aryl methyl sites for hydroxylation is 1. The van der Waals surface area contributed by atoms with Gasteiger partial charge in [0.1, 0.15) is 5.82 Å². The molecule has 1 N–H and O–H groups in total. The SMILES string of the molecule is O=C(O)c1ccc2nc(-c3ccc(F)cc3)ccc2c1N1CCCc2cc(Cl)ccc21. The van der Waals surface area contributed by atoms with Gasteiger partial charge in [-0.3, -0.25) is 0 Å². The monoisotopic (exact) mass is 432 g/mol. The predicted octanol–water partition coefficient (Wildman–Crippen LogP) is 6.48. The van der Waals surface area contributed by atoms with Crippen LogP contribution in [0.1, 0.15) is 22.3 Å². The summed E-state index contributed by atoms with van der Waals surface area (Å²) < 4.78 is 13.3. The van der Waals surface area contributed by atoms with Crippen molar-refractivity contribution in [2.24, 2.45) is 0 Å². The van der Waals surface area contributed by atoms with Gasteiger partial charge in [0, 0.05) is 28.2 Å². The van der Waals surface area contributed by atoms with Crippen molar-refractivity contribution in [1.29, 1.82) is 0 Å². The summed E-state index contributed by atoms with van der Waals surface area (Å²) in [4.78, 5) is 18.9. The Labute approximate surface area is 183 Å². The number of benzene rings is 3. The Hall–Kier alpha value is -3.44. The van der Waals surface area contributed by atoms with Gasteiger partial charge in [0.25, 0.3) is 0 Å². The van der Waals surface area contributed by atoms with Crippen LogP contribution in [-0.2, 0) is 6.42 Å². The number of hydrogen-bond acceptors (Lipinski definition) is 3. The van der Waals surface area contributed by atoms with Crippen LogP contribution >= 0.6 is 11.6 Å². The molecule has 0 fully saturated rings. The lowest BCUT2D eigenvalue weighted by Gasteiger charge is -2.33. The molecule has 4 aromatic rings. The van der Waals surface area contributed by atoms with Crippen molar-refractivity contribution in [3.63, 3.8) is 0 Å². The molecule has 0 spiro atoms. The number of rotatable bonds is 3. The molecule has 1 aliphatic rings. The highest BCUT2D eigenvalue weighted by atomic mass is 35.5. The van der Waals surface area contributed by atoms with Crippen LogP contribution in [0.4, 0.5) is 15.8 Å². The van der Waals surface area contributed by atoms with Crippen molar-refractivity contribution in [2.45, 2.75) is 12.8 Å². The first kappa shape index (κ1) is 19.5. The number of aromatic carboxylic acids is 1. The van der Waals surface area contributed by atoms with Crippen LogP contribution in [0.3, 0.4) is 0 Å². The number of carboxylic acid groups (broad SMARTS) is 1. The second-order valence-electron chi connectivity index (χ2n) is 7.57. The first-order valence-corrected chi connectivity index (χ1v) is 10.4. The van der Waals surface area contributed by atoms with Gasteiger partial charge in [-0.2, -0.15) is 0 Å². The lowest BCUT2D eigenvalue weighted by atomic mass is 9.98. The van der Waals surface area contributed by atoms with Gasteiger partial charge < -0.3 is 10.0 Å². The maximum Gasteiger partial charge on any atom is 0.337 e. The summed E-state index contributed by atoms with van der Waals surface area (Å²) in [5.74, 6) is -1.29. The topological polar surface area (TPSA) is 53.4 Å². The molecule has 2 heterocycles. The van der Waals surface area contributed by atoms with E-state index in [-0.39, 0.29) is 11.4 Å². The van der Waals surface area contributed by atoms with Crippen molar-refractivity contribution in [2.75, 3.05) is 11.4 Å². The van der Waals surface area contributed by atoms with Gasteiger partial charge in [-0.1, -0.05) is 11.6 Å². The number of pyridine rings is 1. The van der Waals surface area contributed by atoms with Gasteiger partial charge in [-0.25, -0.2) is 14.2 Å². The summed E-state index contributed by atoms with van der Waals surface area (Å²) in [5.41, 5.74) is 5.11. The number of carboxylic acids is 1. The van der Waals surface area contributed by atoms with Crippen LogP contribution in [0.5, 0.6) is 0 Å². The normalized spacial score (nSPS) is 13.3. The van der Waals surface area contributed by atoms with Gasteiger partial charge in [0.15, 0.2) is 0 Å². The Bertz CT molecular complexity index is 1320. The maximum atomic E-state index is 13.3. The summed E-state index contributed by atoms with van der Waals surface area (Å²) >= 11 is 6.19. The summed E-state index contributed by atoms with van der Waals surface area (Å²) in [5, 5.41) is 11.3. The fourth-order valence-corrected chi connectivity index (χ4v) is 4.43. The van der Waals surface area contributed by atoms with Crippen molar-refractivity contribution in [1.82, 2.24) is 4.98 Å². The Morgan fingerprint density at radius 1 is 1.03 bits per heavy atom. The predicted molar refractivity (Wildman–Crippen MR) is 121 cm³/mol. The van der Waals surface area contributed by atoms with Crippen LogP contribution < -0.4 is 4.90 Å². The second kappa shape index (κ2) is 7.67. The number of hydrogen-bond donors (Lipinski definition) is 1. The highest BCUT2D eigenvalue weighted by Gasteiger charge is 2.25. The summed E-state index contributed by atoms with van der Waals surface area (Å²) in [6.45, 7) is 0.702. The van der Waals surface area contributed by atoms with Gasteiger partial charge in [-0.15, -0.1) is 0 Å². The average molecular weight is 433 g/mol. The number of carbonyl (C=O) groups is 1. The van der Waals surface area contributed by atoms with Crippen LogP contribution in [0.25, 0.3) is 22.2 Å². The zero-order valence-electron chi connectivity index (χ0n) is 16.5. The molecule has 0 amide bonds. The Morgan fingerprint density at radius 3 is 2.61 bits per heavy atom. The molecule has 0 radical (unpaired) electrons. The molecule has 154 valence electrons. The van der Waals surface area contributed by atoms with E-state index in [4.69, 9.17) is 16.6 Å². The smallest absolute Gasteiger partial charge is 0.337 e. The Kier molecular flexibility index (Phi) is 4.83. The van der Waals surface area contributed by atoms with Gasteiger partial charge in [0.05, 0.1) is 22.5 Å². The van der Waals surface area contributed by atoms with Crippen LogP contribution in [0.15, 0.2) is 66.7 Å². The standard InChI is InChI=1S/C25H18ClFN2O2/c26-17-5-12-23-16(14-17)2-1-13-29(23)24-19-8-10-21(15-3-6-18(27)7-4-15)28-22(19)11-9-20(24)25(30)31/h3-12,14H,1-2,13H2,(H,30,31). The van der Waals surface area contributed by atoms with Crippen molar-refractivity contribution in [3.8, 4) is 11.3 Å². The largest absolute Gasteiger partial charge is 0.478 e. The number of anilines is 2. The van der Waals surface area contributed by atoms with Gasteiger partial charge >= 0.3 is 5.97 Å². The van der Waals surface area contributed by atoms with E-state index in [9.17, 15) is 14.3 Å². The fourth-order valence-electron chi connectivity index (χ4n) is 4.23. The molecule has 5 rings (SSSR count). The van der Waals surface area contributed by atoms with E-state index in [1.54, 1.807) is 24.3 Å². The number of halogens is 2. The molecule has 31 heavy (non-hydrogen) atoms. The summed E-state index contributed by atoms with van der Waals surface area (Å²) in [6, 6.07) is 18.9. The van der Waals surface area contributed by atoms with E-state index in [0.29, 0.717) is 28.5 Å². The molecule has 1 aliphatic heterocycles. The highest BCUT2D eigenvalue weighted by molar-refractivity contribution is 6.30. The lowest BCUT2D eigenvalue weighted by Crippen LogP contribution is -2.26. The second-order valence-corrected chi connectivity index (χ2v) is 8.00. The van der Waals surface area contributed by atoms with E-state index in [1.807, 2.05) is 30.3 Å². The number of aromatic nitrogens is 1. The van der Waals surface area contributed by atoms with Crippen LogP contribution in [-0.4, -0.2) is 22.6 Å². The van der Waals surface area contributed by atoms with E-state index < -0.39 is 5.97 Å². The number of nitrogens with zero attached hydrogens (tertiary/aromatic N) is 2. The molecule has 0 saturated heterocycles. The average Bonchev–Trinajstić information content (AvgIpc) is 2.77. The van der Waals surface area contributed by atoms with Gasteiger partial charge in [0.2, 0.25) is 0 Å². The minimum absolute atomic E-state index is 0.228. The van der Waals surface area contributed by atoms with Crippen molar-refractivity contribution >= 4 is 39.8 Å². The first-order valence-electron chi connectivity index (χ1n) is 10.0. The van der Waals surface area contributed by atoms with Crippen LogP contribution in [0.2, 0.25) is 5.02 Å². The zero-order valence-corrected chi connectivity index (χ0v) is 17.2.